The van der Waals surface area contributed by atoms with E-state index in [2.05, 4.69) is 15.9 Å². The average Bonchev–Trinajstić information content (AvgIpc) is 2.07. The van der Waals surface area contributed by atoms with Crippen molar-refractivity contribution < 1.29 is 13.2 Å². The molecule has 0 radical (unpaired) electrons. The zero-order chi connectivity index (χ0) is 10.9. The summed E-state index contributed by atoms with van der Waals surface area (Å²) in [5, 5.41) is 0.350. The number of rotatable bonds is 1. The van der Waals surface area contributed by atoms with Crippen molar-refractivity contribution in [1.29, 1.82) is 0 Å². The predicted molar refractivity (Wildman–Crippen MR) is 59.4 cm³/mol. The molecule has 0 aliphatic carbocycles. The number of nitrogens with two attached hydrogens (primary N) is 1. The van der Waals surface area contributed by atoms with Crippen LogP contribution >= 0.6 is 39.9 Å². The summed E-state index contributed by atoms with van der Waals surface area (Å²) in [5.41, 5.74) is 4.98. The Labute approximate surface area is 104 Å². The molecule has 86 valence electrons. The third-order valence-corrected chi connectivity index (χ3v) is 2.87. The fraction of sp³-hybridized carbons (Fsp3) is 0.250. The van der Waals surface area contributed by atoms with Crippen LogP contribution in [-0.2, 0) is 0 Å². The minimum Gasteiger partial charge on any atom is -0.316 e. The summed E-state index contributed by atoms with van der Waals surface area (Å²) in [6.07, 6.45) is -4.44. The highest BCUT2D eigenvalue weighted by Crippen LogP contribution is 2.33. The Morgan fingerprint density at radius 3 is 2.27 bits per heavy atom. The van der Waals surface area contributed by atoms with Crippen LogP contribution in [0.4, 0.5) is 13.2 Å². The van der Waals surface area contributed by atoms with Gasteiger partial charge in [0, 0.05) is 4.47 Å². The van der Waals surface area contributed by atoms with Crippen LogP contribution in [0.3, 0.4) is 0 Å². The lowest BCUT2D eigenvalue weighted by Gasteiger charge is -2.16. The molecule has 2 N–H and O–H groups in total. The van der Waals surface area contributed by atoms with Gasteiger partial charge in [-0.1, -0.05) is 17.7 Å². The van der Waals surface area contributed by atoms with Gasteiger partial charge in [-0.2, -0.15) is 13.2 Å². The Bertz CT molecular complexity index is 343. The second-order valence-corrected chi connectivity index (χ2v) is 3.95. The van der Waals surface area contributed by atoms with E-state index in [1.807, 2.05) is 0 Å². The van der Waals surface area contributed by atoms with Gasteiger partial charge in [-0.25, -0.2) is 0 Å². The van der Waals surface area contributed by atoms with Crippen molar-refractivity contribution in [2.24, 2.45) is 5.73 Å². The van der Waals surface area contributed by atoms with Gasteiger partial charge < -0.3 is 5.73 Å². The lowest BCUT2D eigenvalue weighted by molar-refractivity contribution is -0.149. The molecular weight excluding hydrogens is 318 g/mol. The molecule has 0 aromatic heterocycles. The van der Waals surface area contributed by atoms with Gasteiger partial charge in [0.15, 0.2) is 0 Å². The van der Waals surface area contributed by atoms with Gasteiger partial charge in [0.05, 0.1) is 5.02 Å². The molecule has 1 rings (SSSR count). The predicted octanol–water partition coefficient (Wildman–Crippen LogP) is 4.09. The Morgan fingerprint density at radius 2 is 1.87 bits per heavy atom. The standard InChI is InChI=1S/C8H6BrClF3N.ClH/c9-5-3-4(1-2-6(5)10)7(14)8(11,12)13;/h1-3,7H,14H2;1H/t7-;/m1./s1. The van der Waals surface area contributed by atoms with Gasteiger partial charge in [-0.15, -0.1) is 12.4 Å². The summed E-state index contributed by atoms with van der Waals surface area (Å²) in [6.45, 7) is 0. The number of benzene rings is 1. The van der Waals surface area contributed by atoms with Crippen LogP contribution in [0.15, 0.2) is 22.7 Å². The molecule has 0 heterocycles. The van der Waals surface area contributed by atoms with E-state index in [0.29, 0.717) is 9.50 Å². The highest BCUT2D eigenvalue weighted by molar-refractivity contribution is 9.10. The molecule has 0 saturated heterocycles. The van der Waals surface area contributed by atoms with Crippen LogP contribution in [0.2, 0.25) is 5.02 Å². The second-order valence-electron chi connectivity index (χ2n) is 2.69. The van der Waals surface area contributed by atoms with Crippen LogP contribution < -0.4 is 5.73 Å². The third-order valence-electron chi connectivity index (χ3n) is 1.66. The molecule has 1 aromatic rings. The topological polar surface area (TPSA) is 26.0 Å². The van der Waals surface area contributed by atoms with Crippen LogP contribution in [0.1, 0.15) is 11.6 Å². The molecule has 1 nitrogen and oxygen atoms in total. The van der Waals surface area contributed by atoms with E-state index in [1.165, 1.54) is 18.2 Å². The molecule has 0 saturated carbocycles. The summed E-state index contributed by atoms with van der Waals surface area (Å²) in [4.78, 5) is 0. The van der Waals surface area contributed by atoms with Crippen molar-refractivity contribution >= 4 is 39.9 Å². The Hall–Kier alpha value is 0.0300. The van der Waals surface area contributed by atoms with E-state index >= 15 is 0 Å². The van der Waals surface area contributed by atoms with Crippen molar-refractivity contribution in [3.8, 4) is 0 Å². The molecule has 15 heavy (non-hydrogen) atoms. The average molecular weight is 325 g/mol. The number of halogens is 6. The van der Waals surface area contributed by atoms with Crippen LogP contribution in [-0.4, -0.2) is 6.18 Å². The van der Waals surface area contributed by atoms with E-state index in [0.717, 1.165) is 0 Å². The minimum atomic E-state index is -4.44. The van der Waals surface area contributed by atoms with Gasteiger partial charge in [0.25, 0.3) is 0 Å². The molecule has 0 unspecified atom stereocenters. The van der Waals surface area contributed by atoms with Gasteiger partial charge in [0.2, 0.25) is 0 Å². The van der Waals surface area contributed by atoms with E-state index in [9.17, 15) is 13.2 Å². The first-order chi connectivity index (χ1) is 6.32. The number of hydrogen-bond acceptors (Lipinski definition) is 1. The fourth-order valence-corrected chi connectivity index (χ4v) is 1.41. The summed E-state index contributed by atoms with van der Waals surface area (Å²) in [6, 6.07) is 1.91. The highest BCUT2D eigenvalue weighted by atomic mass is 79.9. The van der Waals surface area contributed by atoms with E-state index in [-0.39, 0.29) is 18.0 Å². The summed E-state index contributed by atoms with van der Waals surface area (Å²) >= 11 is 8.66. The largest absolute Gasteiger partial charge is 0.407 e. The van der Waals surface area contributed by atoms with E-state index in [4.69, 9.17) is 17.3 Å². The van der Waals surface area contributed by atoms with Crippen LogP contribution in [0.5, 0.6) is 0 Å². The van der Waals surface area contributed by atoms with Crippen molar-refractivity contribution in [2.75, 3.05) is 0 Å². The molecule has 7 heteroatoms. The molecular formula is C8H7BrCl2F3N. The lowest BCUT2D eigenvalue weighted by atomic mass is 10.1. The van der Waals surface area contributed by atoms with Crippen molar-refractivity contribution in [2.45, 2.75) is 12.2 Å². The van der Waals surface area contributed by atoms with Crippen molar-refractivity contribution in [1.82, 2.24) is 0 Å². The van der Waals surface area contributed by atoms with Crippen molar-refractivity contribution in [3.05, 3.63) is 33.3 Å². The molecule has 0 spiro atoms. The Balaban J connectivity index is 0.00000196. The maximum Gasteiger partial charge on any atom is 0.407 e. The van der Waals surface area contributed by atoms with Crippen molar-refractivity contribution in [3.63, 3.8) is 0 Å². The highest BCUT2D eigenvalue weighted by Gasteiger charge is 2.37. The zero-order valence-corrected chi connectivity index (χ0v) is 10.3. The fourth-order valence-electron chi connectivity index (χ4n) is 0.895. The smallest absolute Gasteiger partial charge is 0.316 e. The Morgan fingerprint density at radius 1 is 1.33 bits per heavy atom. The first-order valence-corrected chi connectivity index (χ1v) is 4.76. The van der Waals surface area contributed by atoms with Gasteiger partial charge in [0.1, 0.15) is 6.04 Å². The molecule has 0 fully saturated rings. The first kappa shape index (κ1) is 15.0. The molecule has 0 aliphatic heterocycles. The van der Waals surface area contributed by atoms with Gasteiger partial charge in [-0.05, 0) is 33.6 Å². The number of hydrogen-bond donors (Lipinski definition) is 1. The first-order valence-electron chi connectivity index (χ1n) is 3.59. The summed E-state index contributed by atoms with van der Waals surface area (Å²) in [5.74, 6) is 0. The molecule has 1 atom stereocenters. The second kappa shape index (κ2) is 5.39. The summed E-state index contributed by atoms with van der Waals surface area (Å²) in [7, 11) is 0. The van der Waals surface area contributed by atoms with E-state index in [1.54, 1.807) is 0 Å². The SMILES string of the molecule is Cl.N[C@H](c1ccc(Cl)c(Br)c1)C(F)(F)F. The van der Waals surface area contributed by atoms with E-state index < -0.39 is 12.2 Å². The summed E-state index contributed by atoms with van der Waals surface area (Å²) < 4.78 is 37.0. The van der Waals surface area contributed by atoms with Gasteiger partial charge in [-0.3, -0.25) is 0 Å². The quantitative estimate of drug-likeness (QED) is 0.827. The maximum atomic E-state index is 12.2. The molecule has 0 amide bonds. The maximum absolute atomic E-state index is 12.2. The third kappa shape index (κ3) is 3.83. The lowest BCUT2D eigenvalue weighted by Crippen LogP contribution is -2.28. The number of alkyl halides is 3. The normalized spacial score (nSPS) is 13.2. The zero-order valence-electron chi connectivity index (χ0n) is 7.18. The monoisotopic (exact) mass is 323 g/mol. The molecule has 0 aliphatic rings. The minimum absolute atomic E-state index is 0. The van der Waals surface area contributed by atoms with Crippen LogP contribution in [0.25, 0.3) is 0 Å². The Kier molecular flexibility index (Phi) is 5.40. The van der Waals surface area contributed by atoms with Gasteiger partial charge >= 0.3 is 6.18 Å². The van der Waals surface area contributed by atoms with Crippen LogP contribution in [0, 0.1) is 0 Å². The molecule has 1 aromatic carbocycles. The molecule has 0 bridgehead atoms.